The van der Waals surface area contributed by atoms with Crippen LogP contribution < -0.4 is 10.2 Å². The third-order valence-electron chi connectivity index (χ3n) is 3.74. The number of benzene rings is 1. The van der Waals surface area contributed by atoms with Gasteiger partial charge in [0.25, 0.3) is 0 Å². The molecule has 0 saturated carbocycles. The number of para-hydroxylation sites is 1. The maximum Gasteiger partial charge on any atom is 0.129 e. The molecule has 1 aromatic heterocycles. The van der Waals surface area contributed by atoms with Crippen molar-refractivity contribution in [3.63, 3.8) is 0 Å². The average molecular weight is 332 g/mol. The van der Waals surface area contributed by atoms with Crippen LogP contribution in [0.1, 0.15) is 12.8 Å². The van der Waals surface area contributed by atoms with E-state index in [1.807, 2.05) is 6.07 Å². The Balaban J connectivity index is 1.58. The summed E-state index contributed by atoms with van der Waals surface area (Å²) in [6, 6.07) is 15.2. The lowest BCUT2D eigenvalue weighted by Gasteiger charge is -2.34. The molecule has 0 atom stereocenters. The Morgan fingerprint density at radius 1 is 1.05 bits per heavy atom. The summed E-state index contributed by atoms with van der Waals surface area (Å²) in [5, 5.41) is 3.59. The molecule has 0 bridgehead atoms. The van der Waals surface area contributed by atoms with E-state index in [0.717, 1.165) is 36.2 Å². The van der Waals surface area contributed by atoms with Crippen LogP contribution in [0.2, 0.25) is 0 Å². The van der Waals surface area contributed by atoms with Crippen LogP contribution in [0.5, 0.6) is 0 Å². The van der Waals surface area contributed by atoms with Crippen molar-refractivity contribution < 1.29 is 0 Å². The van der Waals surface area contributed by atoms with Crippen LogP contribution in [0.25, 0.3) is 0 Å². The smallest absolute Gasteiger partial charge is 0.129 e. The lowest BCUT2D eigenvalue weighted by atomic mass is 10.0. The molecule has 3 rings (SSSR count). The van der Waals surface area contributed by atoms with E-state index in [4.69, 9.17) is 0 Å². The molecule has 20 heavy (non-hydrogen) atoms. The molecule has 1 aliphatic heterocycles. The van der Waals surface area contributed by atoms with Gasteiger partial charge in [-0.15, -0.1) is 0 Å². The topological polar surface area (TPSA) is 28.2 Å². The minimum Gasteiger partial charge on any atom is -0.380 e. The Kier molecular flexibility index (Phi) is 4.21. The third-order valence-corrected chi connectivity index (χ3v) is 4.37. The van der Waals surface area contributed by atoms with Crippen molar-refractivity contribution >= 4 is 27.3 Å². The molecular formula is C16H18BrN3. The molecule has 4 heteroatoms. The van der Waals surface area contributed by atoms with Crippen molar-refractivity contribution in [1.29, 1.82) is 0 Å². The first-order valence-electron chi connectivity index (χ1n) is 7.00. The summed E-state index contributed by atoms with van der Waals surface area (Å²) in [5.74, 6) is 0. The highest BCUT2D eigenvalue weighted by Gasteiger charge is 2.19. The van der Waals surface area contributed by atoms with Crippen LogP contribution in [0.15, 0.2) is 53.3 Å². The molecule has 1 fully saturated rings. The van der Waals surface area contributed by atoms with E-state index in [1.165, 1.54) is 5.69 Å². The Labute approximate surface area is 128 Å². The SMILES string of the molecule is Brc1ncccc1NC1CCN(c2ccccc2)CC1. The number of anilines is 2. The standard InChI is InChI=1S/C16H18BrN3/c17-16-15(7-4-10-18-16)19-13-8-11-20(12-9-13)14-5-2-1-3-6-14/h1-7,10,13,19H,8-9,11-12H2. The first-order chi connectivity index (χ1) is 9.83. The molecule has 1 saturated heterocycles. The van der Waals surface area contributed by atoms with Crippen LogP contribution in [-0.4, -0.2) is 24.1 Å². The first-order valence-corrected chi connectivity index (χ1v) is 7.79. The van der Waals surface area contributed by atoms with E-state index in [9.17, 15) is 0 Å². The van der Waals surface area contributed by atoms with Crippen LogP contribution in [-0.2, 0) is 0 Å². The van der Waals surface area contributed by atoms with Crippen LogP contribution in [0, 0.1) is 0 Å². The van der Waals surface area contributed by atoms with Crippen molar-refractivity contribution in [3.8, 4) is 0 Å². The van der Waals surface area contributed by atoms with Gasteiger partial charge in [-0.05, 0) is 53.0 Å². The van der Waals surface area contributed by atoms with E-state index in [-0.39, 0.29) is 0 Å². The lowest BCUT2D eigenvalue weighted by molar-refractivity contribution is 0.526. The first kappa shape index (κ1) is 13.4. The number of hydrogen-bond acceptors (Lipinski definition) is 3. The number of rotatable bonds is 3. The van der Waals surface area contributed by atoms with Gasteiger partial charge in [0.15, 0.2) is 0 Å². The molecule has 0 radical (unpaired) electrons. The Hall–Kier alpha value is -1.55. The number of piperidine rings is 1. The van der Waals surface area contributed by atoms with Crippen LogP contribution in [0.4, 0.5) is 11.4 Å². The van der Waals surface area contributed by atoms with Gasteiger partial charge in [0.2, 0.25) is 0 Å². The Bertz CT molecular complexity index is 551. The largest absolute Gasteiger partial charge is 0.380 e. The minimum atomic E-state index is 0.524. The van der Waals surface area contributed by atoms with Crippen molar-refractivity contribution in [2.75, 3.05) is 23.3 Å². The van der Waals surface area contributed by atoms with Gasteiger partial charge < -0.3 is 10.2 Å². The highest BCUT2D eigenvalue weighted by atomic mass is 79.9. The summed E-state index contributed by atoms with van der Waals surface area (Å²) in [4.78, 5) is 6.71. The monoisotopic (exact) mass is 331 g/mol. The van der Waals surface area contributed by atoms with Gasteiger partial charge in [-0.2, -0.15) is 0 Å². The quantitative estimate of drug-likeness (QED) is 0.864. The highest BCUT2D eigenvalue weighted by molar-refractivity contribution is 9.10. The molecule has 3 nitrogen and oxygen atoms in total. The summed E-state index contributed by atoms with van der Waals surface area (Å²) in [6.45, 7) is 2.19. The second-order valence-corrected chi connectivity index (χ2v) is 5.83. The zero-order valence-electron chi connectivity index (χ0n) is 11.3. The van der Waals surface area contributed by atoms with E-state index in [1.54, 1.807) is 6.20 Å². The normalized spacial score (nSPS) is 16.1. The fourth-order valence-electron chi connectivity index (χ4n) is 2.63. The summed E-state index contributed by atoms with van der Waals surface area (Å²) >= 11 is 3.49. The van der Waals surface area contributed by atoms with E-state index in [2.05, 4.69) is 67.5 Å². The van der Waals surface area contributed by atoms with E-state index < -0.39 is 0 Å². The average Bonchev–Trinajstić information content (AvgIpc) is 2.51. The van der Waals surface area contributed by atoms with Crippen molar-refractivity contribution in [1.82, 2.24) is 4.98 Å². The predicted molar refractivity (Wildman–Crippen MR) is 87.2 cm³/mol. The summed E-state index contributed by atoms with van der Waals surface area (Å²) in [5.41, 5.74) is 2.42. The van der Waals surface area contributed by atoms with Gasteiger partial charge in [0, 0.05) is 31.0 Å². The predicted octanol–water partition coefficient (Wildman–Crippen LogP) is 3.93. The van der Waals surface area contributed by atoms with Gasteiger partial charge in [0.05, 0.1) is 5.69 Å². The van der Waals surface area contributed by atoms with Gasteiger partial charge in [-0.25, -0.2) is 4.98 Å². The second-order valence-electron chi connectivity index (χ2n) is 5.08. The molecule has 104 valence electrons. The number of aromatic nitrogens is 1. The van der Waals surface area contributed by atoms with Crippen molar-refractivity contribution in [2.24, 2.45) is 0 Å². The molecule has 0 amide bonds. The summed E-state index contributed by atoms with van der Waals surface area (Å²) in [6.07, 6.45) is 4.10. The maximum atomic E-state index is 4.25. The lowest BCUT2D eigenvalue weighted by Crippen LogP contribution is -2.39. The Morgan fingerprint density at radius 2 is 1.80 bits per heavy atom. The molecule has 0 aliphatic carbocycles. The second kappa shape index (κ2) is 6.27. The van der Waals surface area contributed by atoms with E-state index >= 15 is 0 Å². The molecule has 2 aromatic rings. The van der Waals surface area contributed by atoms with Gasteiger partial charge in [0.1, 0.15) is 4.60 Å². The molecule has 1 N–H and O–H groups in total. The molecule has 0 unspecified atom stereocenters. The Morgan fingerprint density at radius 3 is 2.50 bits per heavy atom. The number of halogens is 1. The fraction of sp³-hybridized carbons (Fsp3) is 0.312. The maximum absolute atomic E-state index is 4.25. The van der Waals surface area contributed by atoms with Crippen molar-refractivity contribution in [2.45, 2.75) is 18.9 Å². The molecular weight excluding hydrogens is 314 g/mol. The van der Waals surface area contributed by atoms with Crippen LogP contribution in [0.3, 0.4) is 0 Å². The number of nitrogens with zero attached hydrogens (tertiary/aromatic N) is 2. The summed E-state index contributed by atoms with van der Waals surface area (Å²) < 4.78 is 0.894. The number of nitrogens with one attached hydrogen (secondary N) is 1. The molecule has 0 spiro atoms. The third kappa shape index (κ3) is 3.12. The molecule has 1 aliphatic rings. The highest BCUT2D eigenvalue weighted by Crippen LogP contribution is 2.24. The van der Waals surface area contributed by atoms with Gasteiger partial charge in [-0.3, -0.25) is 0 Å². The zero-order chi connectivity index (χ0) is 13.8. The van der Waals surface area contributed by atoms with Gasteiger partial charge in [-0.1, -0.05) is 18.2 Å². The fourth-order valence-corrected chi connectivity index (χ4v) is 3.00. The van der Waals surface area contributed by atoms with E-state index in [0.29, 0.717) is 6.04 Å². The zero-order valence-corrected chi connectivity index (χ0v) is 12.9. The van der Waals surface area contributed by atoms with Crippen LogP contribution >= 0.6 is 15.9 Å². The number of hydrogen-bond donors (Lipinski definition) is 1. The molecule has 2 heterocycles. The van der Waals surface area contributed by atoms with Crippen molar-refractivity contribution in [3.05, 3.63) is 53.3 Å². The number of pyridine rings is 1. The minimum absolute atomic E-state index is 0.524. The van der Waals surface area contributed by atoms with Gasteiger partial charge >= 0.3 is 0 Å². The summed E-state index contributed by atoms with van der Waals surface area (Å²) in [7, 11) is 0. The molecule has 1 aromatic carbocycles.